The number of sulfonamides is 1. The highest BCUT2D eigenvalue weighted by molar-refractivity contribution is 7.89. The Balaban J connectivity index is 1.91. The Labute approximate surface area is 126 Å². The maximum Gasteiger partial charge on any atom is 0.241 e. The molecule has 0 amide bonds. The van der Waals surface area contributed by atoms with Crippen LogP contribution >= 0.6 is 0 Å². The van der Waals surface area contributed by atoms with Crippen LogP contribution in [0.25, 0.3) is 0 Å². The maximum atomic E-state index is 12.5. The van der Waals surface area contributed by atoms with E-state index in [4.69, 9.17) is 0 Å². The molecule has 0 fully saturated rings. The van der Waals surface area contributed by atoms with Gasteiger partial charge in [0.2, 0.25) is 10.0 Å². The molecule has 3 nitrogen and oxygen atoms in total. The smallest absolute Gasteiger partial charge is 0.207 e. The van der Waals surface area contributed by atoms with E-state index in [1.165, 1.54) is 5.56 Å². The summed E-state index contributed by atoms with van der Waals surface area (Å²) in [6.07, 6.45) is 0.914. The average molecular weight is 301 g/mol. The highest BCUT2D eigenvalue weighted by Crippen LogP contribution is 2.36. The summed E-state index contributed by atoms with van der Waals surface area (Å²) in [5.41, 5.74) is 3.39. The molecule has 1 N–H and O–H groups in total. The van der Waals surface area contributed by atoms with Gasteiger partial charge in [0.25, 0.3) is 0 Å². The van der Waals surface area contributed by atoms with Gasteiger partial charge in [-0.25, -0.2) is 13.1 Å². The van der Waals surface area contributed by atoms with Crippen molar-refractivity contribution in [3.63, 3.8) is 0 Å². The molecule has 0 spiro atoms. The lowest BCUT2D eigenvalue weighted by molar-refractivity contribution is 0.465. The molecule has 2 aromatic carbocycles. The van der Waals surface area contributed by atoms with Crippen molar-refractivity contribution in [2.45, 2.75) is 31.2 Å². The number of nitrogens with one attached hydrogen (secondary N) is 1. The topological polar surface area (TPSA) is 46.2 Å². The van der Waals surface area contributed by atoms with Crippen molar-refractivity contribution in [3.8, 4) is 0 Å². The Bertz CT molecular complexity index is 751. The highest BCUT2D eigenvalue weighted by Gasteiger charge is 2.32. The van der Waals surface area contributed by atoms with E-state index in [9.17, 15) is 8.42 Å². The number of hydrogen-bond acceptors (Lipinski definition) is 2. The minimum atomic E-state index is -3.49. The molecule has 1 aliphatic carbocycles. The van der Waals surface area contributed by atoms with E-state index in [1.807, 2.05) is 37.3 Å². The Kier molecular flexibility index (Phi) is 3.59. The molecular formula is C17H19NO2S. The third-order valence-corrected chi connectivity index (χ3v) is 5.57. The molecule has 0 aromatic heterocycles. The van der Waals surface area contributed by atoms with E-state index < -0.39 is 10.0 Å². The molecule has 2 atom stereocenters. The van der Waals surface area contributed by atoms with Gasteiger partial charge >= 0.3 is 0 Å². The highest BCUT2D eigenvalue weighted by atomic mass is 32.2. The summed E-state index contributed by atoms with van der Waals surface area (Å²) in [4.78, 5) is 0.324. The minimum Gasteiger partial charge on any atom is -0.207 e. The number of rotatable bonds is 3. The largest absolute Gasteiger partial charge is 0.241 e. The second-order valence-corrected chi connectivity index (χ2v) is 7.51. The lowest BCUT2D eigenvalue weighted by atomic mass is 10.0. The van der Waals surface area contributed by atoms with Gasteiger partial charge in [-0.05, 0) is 42.5 Å². The van der Waals surface area contributed by atoms with Crippen LogP contribution in [0.1, 0.15) is 29.7 Å². The number of aryl methyl sites for hydroxylation is 1. The summed E-state index contributed by atoms with van der Waals surface area (Å²) in [6, 6.07) is 14.9. The Hall–Kier alpha value is -1.65. The standard InChI is InChI=1S/C17H19NO2S/c1-12-7-9-15(10-8-12)21(19,20)18-17-13(2)11-14-5-3-4-6-16(14)17/h3-10,13,17-18H,11H2,1-2H3/t13-,17+/m0/s1. The first-order chi connectivity index (χ1) is 9.97. The zero-order chi connectivity index (χ0) is 15.0. The van der Waals surface area contributed by atoms with E-state index in [1.54, 1.807) is 12.1 Å². The van der Waals surface area contributed by atoms with Gasteiger partial charge in [0.05, 0.1) is 10.9 Å². The van der Waals surface area contributed by atoms with Crippen molar-refractivity contribution in [2.75, 3.05) is 0 Å². The van der Waals surface area contributed by atoms with Gasteiger partial charge in [-0.2, -0.15) is 0 Å². The predicted molar refractivity (Wildman–Crippen MR) is 83.6 cm³/mol. The molecule has 0 saturated carbocycles. The van der Waals surface area contributed by atoms with Crippen LogP contribution in [0.5, 0.6) is 0 Å². The first-order valence-electron chi connectivity index (χ1n) is 7.14. The monoisotopic (exact) mass is 301 g/mol. The molecule has 0 heterocycles. The van der Waals surface area contributed by atoms with Gasteiger partial charge in [0.1, 0.15) is 0 Å². The maximum absolute atomic E-state index is 12.5. The zero-order valence-corrected chi connectivity index (χ0v) is 13.0. The summed E-state index contributed by atoms with van der Waals surface area (Å²) in [5, 5.41) is 0. The molecule has 0 bridgehead atoms. The van der Waals surface area contributed by atoms with Crippen molar-refractivity contribution >= 4 is 10.0 Å². The molecule has 21 heavy (non-hydrogen) atoms. The minimum absolute atomic E-state index is 0.146. The second kappa shape index (κ2) is 5.28. The number of fused-ring (bicyclic) bond motifs is 1. The van der Waals surface area contributed by atoms with Crippen LogP contribution in [0.2, 0.25) is 0 Å². The number of hydrogen-bond donors (Lipinski definition) is 1. The second-order valence-electron chi connectivity index (χ2n) is 5.79. The first-order valence-corrected chi connectivity index (χ1v) is 8.62. The molecule has 3 rings (SSSR count). The zero-order valence-electron chi connectivity index (χ0n) is 12.2. The fourth-order valence-electron chi connectivity index (χ4n) is 2.93. The van der Waals surface area contributed by atoms with E-state index in [-0.39, 0.29) is 12.0 Å². The van der Waals surface area contributed by atoms with Gasteiger partial charge in [-0.3, -0.25) is 0 Å². The molecule has 2 aromatic rings. The number of benzene rings is 2. The Morgan fingerprint density at radius 3 is 2.43 bits per heavy atom. The van der Waals surface area contributed by atoms with E-state index >= 15 is 0 Å². The summed E-state index contributed by atoms with van der Waals surface area (Å²) in [7, 11) is -3.49. The van der Waals surface area contributed by atoms with Crippen LogP contribution in [-0.4, -0.2) is 8.42 Å². The summed E-state index contributed by atoms with van der Waals surface area (Å²) >= 11 is 0. The third kappa shape index (κ3) is 2.74. The molecule has 0 unspecified atom stereocenters. The molecule has 4 heteroatoms. The van der Waals surface area contributed by atoms with Crippen LogP contribution in [0, 0.1) is 12.8 Å². The predicted octanol–water partition coefficient (Wildman–Crippen LogP) is 3.21. The van der Waals surface area contributed by atoms with E-state index in [0.29, 0.717) is 4.90 Å². The van der Waals surface area contributed by atoms with Gasteiger partial charge < -0.3 is 0 Å². The van der Waals surface area contributed by atoms with E-state index in [2.05, 4.69) is 17.7 Å². The summed E-state index contributed by atoms with van der Waals surface area (Å²) in [6.45, 7) is 4.03. The SMILES string of the molecule is Cc1ccc(S(=O)(=O)N[C@H]2c3ccccc3C[C@@H]2C)cc1. The van der Waals surface area contributed by atoms with Crippen LogP contribution in [0.3, 0.4) is 0 Å². The summed E-state index contributed by atoms with van der Waals surface area (Å²) in [5.74, 6) is 0.266. The molecule has 1 aliphatic rings. The van der Waals surface area contributed by atoms with Crippen LogP contribution in [0.15, 0.2) is 53.4 Å². The fraction of sp³-hybridized carbons (Fsp3) is 0.294. The third-order valence-electron chi connectivity index (χ3n) is 4.11. The average Bonchev–Trinajstić information content (AvgIpc) is 2.75. The van der Waals surface area contributed by atoms with Crippen molar-refractivity contribution < 1.29 is 8.42 Å². The summed E-state index contributed by atoms with van der Waals surface area (Å²) < 4.78 is 28.0. The van der Waals surface area contributed by atoms with Crippen LogP contribution in [0.4, 0.5) is 0 Å². The quantitative estimate of drug-likeness (QED) is 0.946. The molecule has 0 saturated heterocycles. The Morgan fingerprint density at radius 2 is 1.71 bits per heavy atom. The van der Waals surface area contributed by atoms with Gasteiger partial charge in [-0.15, -0.1) is 0 Å². The van der Waals surface area contributed by atoms with Crippen molar-refractivity contribution in [3.05, 3.63) is 65.2 Å². The molecule has 110 valence electrons. The lowest BCUT2D eigenvalue weighted by Gasteiger charge is -2.19. The van der Waals surface area contributed by atoms with Gasteiger partial charge in [0.15, 0.2) is 0 Å². The Morgan fingerprint density at radius 1 is 1.05 bits per heavy atom. The van der Waals surface area contributed by atoms with Crippen LogP contribution < -0.4 is 4.72 Å². The van der Waals surface area contributed by atoms with Crippen molar-refractivity contribution in [2.24, 2.45) is 5.92 Å². The molecule has 0 radical (unpaired) electrons. The van der Waals surface area contributed by atoms with Crippen molar-refractivity contribution in [1.29, 1.82) is 0 Å². The lowest BCUT2D eigenvalue weighted by Crippen LogP contribution is -2.30. The van der Waals surface area contributed by atoms with Gasteiger partial charge in [0, 0.05) is 0 Å². The molecular weight excluding hydrogens is 282 g/mol. The molecule has 0 aliphatic heterocycles. The van der Waals surface area contributed by atoms with E-state index in [0.717, 1.165) is 17.5 Å². The fourth-order valence-corrected chi connectivity index (χ4v) is 4.25. The van der Waals surface area contributed by atoms with Crippen molar-refractivity contribution in [1.82, 2.24) is 4.72 Å². The van der Waals surface area contributed by atoms with Gasteiger partial charge in [-0.1, -0.05) is 48.9 Å². The van der Waals surface area contributed by atoms with Crippen LogP contribution in [-0.2, 0) is 16.4 Å². The normalized spacial score (nSPS) is 21.2. The first kappa shape index (κ1) is 14.3.